The molecule has 108 valence electrons. The second kappa shape index (κ2) is 4.73. The Morgan fingerprint density at radius 3 is 2.58 bits per heavy atom. The molecule has 4 unspecified atom stereocenters. The first-order valence-electron chi connectivity index (χ1n) is 8.70. The zero-order chi connectivity index (χ0) is 12.9. The third-order valence-corrected chi connectivity index (χ3v) is 6.63. The van der Waals surface area contributed by atoms with E-state index in [4.69, 9.17) is 4.74 Å². The van der Waals surface area contributed by atoms with Gasteiger partial charge in [0, 0.05) is 12.6 Å². The lowest BCUT2D eigenvalue weighted by Gasteiger charge is -2.49. The average molecular weight is 263 g/mol. The SMILES string of the molecule is CCNC(C1CCOC2(CCC2)C1)C1C2CCCC21. The number of rotatable bonds is 4. The highest BCUT2D eigenvalue weighted by Gasteiger charge is 2.58. The van der Waals surface area contributed by atoms with Crippen LogP contribution in [0.3, 0.4) is 0 Å². The summed E-state index contributed by atoms with van der Waals surface area (Å²) in [6.45, 7) is 4.45. The quantitative estimate of drug-likeness (QED) is 0.840. The van der Waals surface area contributed by atoms with Gasteiger partial charge < -0.3 is 10.1 Å². The predicted octanol–water partition coefficient (Wildman–Crippen LogP) is 3.36. The summed E-state index contributed by atoms with van der Waals surface area (Å²) >= 11 is 0. The maximum Gasteiger partial charge on any atom is 0.0685 e. The fourth-order valence-corrected chi connectivity index (χ4v) is 5.55. The van der Waals surface area contributed by atoms with Crippen LogP contribution in [0.1, 0.15) is 58.3 Å². The minimum atomic E-state index is 0.320. The summed E-state index contributed by atoms with van der Waals surface area (Å²) in [5, 5.41) is 3.87. The maximum atomic E-state index is 6.13. The van der Waals surface area contributed by atoms with Crippen molar-refractivity contribution in [2.75, 3.05) is 13.2 Å². The van der Waals surface area contributed by atoms with E-state index in [1.165, 1.54) is 51.4 Å². The lowest BCUT2D eigenvalue weighted by atomic mass is 9.69. The third kappa shape index (κ3) is 2.06. The summed E-state index contributed by atoms with van der Waals surface area (Å²) in [5.41, 5.74) is 0.320. The first-order chi connectivity index (χ1) is 9.33. The lowest BCUT2D eigenvalue weighted by molar-refractivity contribution is -0.148. The molecular formula is C17H29NO. The summed E-state index contributed by atoms with van der Waals surface area (Å²) in [4.78, 5) is 0. The Bertz CT molecular complexity index is 328. The summed E-state index contributed by atoms with van der Waals surface area (Å²) in [5.74, 6) is 4.09. The van der Waals surface area contributed by atoms with Gasteiger partial charge >= 0.3 is 0 Å². The maximum absolute atomic E-state index is 6.13. The Hall–Kier alpha value is -0.0800. The number of hydrogen-bond donors (Lipinski definition) is 1. The molecule has 0 aromatic heterocycles. The van der Waals surface area contributed by atoms with E-state index in [9.17, 15) is 0 Å². The lowest BCUT2D eigenvalue weighted by Crippen LogP contribution is -2.51. The van der Waals surface area contributed by atoms with Crippen molar-refractivity contribution >= 4 is 0 Å². The van der Waals surface area contributed by atoms with Crippen LogP contribution < -0.4 is 5.32 Å². The minimum Gasteiger partial charge on any atom is -0.375 e. The van der Waals surface area contributed by atoms with E-state index in [0.29, 0.717) is 5.60 Å². The predicted molar refractivity (Wildman–Crippen MR) is 77.0 cm³/mol. The molecule has 3 saturated carbocycles. The average Bonchev–Trinajstić information content (AvgIpc) is 2.85. The van der Waals surface area contributed by atoms with Crippen molar-refractivity contribution < 1.29 is 4.74 Å². The molecule has 4 rings (SSSR count). The normalized spacial score (nSPS) is 44.7. The van der Waals surface area contributed by atoms with Gasteiger partial charge in [-0.1, -0.05) is 13.3 Å². The zero-order valence-electron chi connectivity index (χ0n) is 12.4. The van der Waals surface area contributed by atoms with Crippen molar-refractivity contribution in [3.63, 3.8) is 0 Å². The highest BCUT2D eigenvalue weighted by Crippen LogP contribution is 2.61. The molecule has 0 bridgehead atoms. The fourth-order valence-electron chi connectivity index (χ4n) is 5.55. The van der Waals surface area contributed by atoms with Crippen molar-refractivity contribution in [3.8, 4) is 0 Å². The van der Waals surface area contributed by atoms with E-state index >= 15 is 0 Å². The molecule has 1 heterocycles. The van der Waals surface area contributed by atoms with Gasteiger partial charge in [-0.15, -0.1) is 0 Å². The van der Waals surface area contributed by atoms with Gasteiger partial charge in [-0.25, -0.2) is 0 Å². The van der Waals surface area contributed by atoms with Gasteiger partial charge in [-0.05, 0) is 75.2 Å². The largest absolute Gasteiger partial charge is 0.375 e. The Kier molecular flexibility index (Phi) is 3.15. The van der Waals surface area contributed by atoms with Crippen LogP contribution in [0.5, 0.6) is 0 Å². The van der Waals surface area contributed by atoms with Gasteiger partial charge in [0.15, 0.2) is 0 Å². The number of nitrogens with one attached hydrogen (secondary N) is 1. The van der Waals surface area contributed by atoms with Crippen LogP contribution in [0, 0.1) is 23.7 Å². The number of hydrogen-bond acceptors (Lipinski definition) is 2. The first-order valence-corrected chi connectivity index (χ1v) is 8.70. The van der Waals surface area contributed by atoms with Crippen LogP contribution in [0.4, 0.5) is 0 Å². The topological polar surface area (TPSA) is 21.3 Å². The summed E-state index contributed by atoms with van der Waals surface area (Å²) < 4.78 is 6.13. The molecule has 1 aliphatic heterocycles. The molecule has 1 spiro atoms. The number of ether oxygens (including phenoxy) is 1. The van der Waals surface area contributed by atoms with Gasteiger partial charge in [-0.3, -0.25) is 0 Å². The molecule has 3 aliphatic carbocycles. The van der Waals surface area contributed by atoms with Gasteiger partial charge in [0.05, 0.1) is 5.60 Å². The molecule has 1 N–H and O–H groups in total. The highest BCUT2D eigenvalue weighted by atomic mass is 16.5. The molecule has 2 nitrogen and oxygen atoms in total. The Morgan fingerprint density at radius 1 is 1.16 bits per heavy atom. The van der Waals surface area contributed by atoms with E-state index in [1.54, 1.807) is 0 Å². The van der Waals surface area contributed by atoms with E-state index < -0.39 is 0 Å². The van der Waals surface area contributed by atoms with Crippen LogP contribution in [0.2, 0.25) is 0 Å². The molecule has 1 saturated heterocycles. The summed E-state index contributed by atoms with van der Waals surface area (Å²) in [6.07, 6.45) is 11.3. The molecule has 0 amide bonds. The molecule has 4 aliphatic rings. The van der Waals surface area contributed by atoms with Gasteiger partial charge in [0.25, 0.3) is 0 Å². The van der Waals surface area contributed by atoms with Crippen molar-refractivity contribution in [1.82, 2.24) is 5.32 Å². The number of fused-ring (bicyclic) bond motifs is 1. The van der Waals surface area contributed by atoms with Crippen LogP contribution in [-0.4, -0.2) is 24.8 Å². The fraction of sp³-hybridized carbons (Fsp3) is 1.00. The monoisotopic (exact) mass is 263 g/mol. The summed E-state index contributed by atoms with van der Waals surface area (Å²) in [7, 11) is 0. The van der Waals surface area contributed by atoms with Crippen molar-refractivity contribution in [3.05, 3.63) is 0 Å². The Morgan fingerprint density at radius 2 is 1.95 bits per heavy atom. The molecular weight excluding hydrogens is 234 g/mol. The van der Waals surface area contributed by atoms with Crippen LogP contribution in [0.25, 0.3) is 0 Å². The van der Waals surface area contributed by atoms with Gasteiger partial charge in [-0.2, -0.15) is 0 Å². The molecule has 19 heavy (non-hydrogen) atoms. The molecule has 0 aromatic carbocycles. The van der Waals surface area contributed by atoms with Crippen molar-refractivity contribution in [1.29, 1.82) is 0 Å². The molecule has 2 heteroatoms. The van der Waals surface area contributed by atoms with Crippen LogP contribution >= 0.6 is 0 Å². The second-order valence-electron chi connectivity index (χ2n) is 7.56. The summed E-state index contributed by atoms with van der Waals surface area (Å²) in [6, 6.07) is 0.807. The van der Waals surface area contributed by atoms with E-state index in [-0.39, 0.29) is 0 Å². The molecule has 4 atom stereocenters. The standard InChI is InChI=1S/C17H29NO/c1-2-18-16(15-13-5-3-6-14(13)15)12-7-10-19-17(11-12)8-4-9-17/h12-16,18H,2-11H2,1H3. The Balaban J connectivity index is 1.45. The molecule has 0 aromatic rings. The minimum absolute atomic E-state index is 0.320. The van der Waals surface area contributed by atoms with Crippen molar-refractivity contribution in [2.24, 2.45) is 23.7 Å². The van der Waals surface area contributed by atoms with Gasteiger partial charge in [0.2, 0.25) is 0 Å². The molecule has 4 fully saturated rings. The van der Waals surface area contributed by atoms with Gasteiger partial charge in [0.1, 0.15) is 0 Å². The third-order valence-electron chi connectivity index (χ3n) is 6.63. The van der Waals surface area contributed by atoms with E-state index in [2.05, 4.69) is 12.2 Å². The zero-order valence-corrected chi connectivity index (χ0v) is 12.4. The molecule has 0 radical (unpaired) electrons. The van der Waals surface area contributed by atoms with Crippen LogP contribution in [0.15, 0.2) is 0 Å². The van der Waals surface area contributed by atoms with Crippen LogP contribution in [-0.2, 0) is 4.74 Å². The smallest absolute Gasteiger partial charge is 0.0685 e. The van der Waals surface area contributed by atoms with E-state index in [1.807, 2.05) is 0 Å². The Labute approximate surface area is 117 Å². The first kappa shape index (κ1) is 12.6. The van der Waals surface area contributed by atoms with Crippen molar-refractivity contribution in [2.45, 2.75) is 69.9 Å². The van der Waals surface area contributed by atoms with E-state index in [0.717, 1.165) is 42.9 Å². The highest BCUT2D eigenvalue weighted by molar-refractivity contribution is 5.09. The second-order valence-corrected chi connectivity index (χ2v) is 7.56.